The van der Waals surface area contributed by atoms with Gasteiger partial charge in [0.1, 0.15) is 0 Å². The third-order valence-electron chi connectivity index (χ3n) is 2.78. The first-order valence-corrected chi connectivity index (χ1v) is 4.25. The molecule has 0 radical (unpaired) electrons. The highest BCUT2D eigenvalue weighted by Gasteiger charge is 2.56. The Kier molecular flexibility index (Phi) is 2.64. The van der Waals surface area contributed by atoms with Gasteiger partial charge in [-0.25, -0.2) is 8.78 Å². The Morgan fingerprint density at radius 2 is 1.75 bits per heavy atom. The molecule has 1 saturated heterocycles. The first-order valence-electron chi connectivity index (χ1n) is 4.25. The minimum atomic E-state index is -2.37. The van der Waals surface area contributed by atoms with Crippen LogP contribution < -0.4 is 5.32 Å². The van der Waals surface area contributed by atoms with Gasteiger partial charge in [-0.2, -0.15) is 0 Å². The van der Waals surface area contributed by atoms with E-state index in [-0.39, 0.29) is 30.8 Å². The van der Waals surface area contributed by atoms with Crippen molar-refractivity contribution in [2.45, 2.75) is 43.6 Å². The highest BCUT2D eigenvalue weighted by Crippen LogP contribution is 2.48. The van der Waals surface area contributed by atoms with E-state index in [4.69, 9.17) is 0 Å². The molecule has 1 saturated carbocycles. The Bertz CT molecular complexity index is 156. The van der Waals surface area contributed by atoms with E-state index in [0.717, 1.165) is 25.8 Å². The standard InChI is InChI=1S/C8H13F2N.ClH/c9-8(10)5-7(6-8)3-1-2-4-11-7;/h11H,1-6H2;1H. The van der Waals surface area contributed by atoms with Gasteiger partial charge in [-0.1, -0.05) is 6.42 Å². The molecule has 2 rings (SSSR count). The fraction of sp³-hybridized carbons (Fsp3) is 1.00. The SMILES string of the molecule is Cl.FC1(F)CC2(CCCCN2)C1. The lowest BCUT2D eigenvalue weighted by Gasteiger charge is -2.50. The first-order chi connectivity index (χ1) is 5.12. The Hall–Kier alpha value is 0.110. The summed E-state index contributed by atoms with van der Waals surface area (Å²) in [4.78, 5) is 0. The number of halogens is 3. The van der Waals surface area contributed by atoms with Crippen LogP contribution in [0.25, 0.3) is 0 Å². The van der Waals surface area contributed by atoms with Crippen molar-refractivity contribution < 1.29 is 8.78 Å². The summed E-state index contributed by atoms with van der Waals surface area (Å²) in [6.07, 6.45) is 3.35. The molecule has 1 aliphatic heterocycles. The van der Waals surface area contributed by atoms with Gasteiger partial charge in [0.05, 0.1) is 0 Å². The first kappa shape index (κ1) is 10.2. The second-order valence-corrected chi connectivity index (χ2v) is 3.87. The Labute approximate surface area is 77.3 Å². The quantitative estimate of drug-likeness (QED) is 0.629. The lowest BCUT2D eigenvalue weighted by Crippen LogP contribution is -2.62. The summed E-state index contributed by atoms with van der Waals surface area (Å²) in [5.41, 5.74) is -0.165. The molecule has 0 aromatic rings. The fourth-order valence-corrected chi connectivity index (χ4v) is 2.27. The van der Waals surface area contributed by atoms with Crippen LogP contribution in [-0.2, 0) is 0 Å². The molecule has 12 heavy (non-hydrogen) atoms. The summed E-state index contributed by atoms with van der Waals surface area (Å²) < 4.78 is 25.1. The van der Waals surface area contributed by atoms with E-state index in [0.29, 0.717) is 0 Å². The molecule has 2 aliphatic rings. The van der Waals surface area contributed by atoms with Gasteiger partial charge < -0.3 is 5.32 Å². The van der Waals surface area contributed by atoms with E-state index in [1.807, 2.05) is 0 Å². The molecule has 0 aromatic heterocycles. The van der Waals surface area contributed by atoms with E-state index in [9.17, 15) is 8.78 Å². The summed E-state index contributed by atoms with van der Waals surface area (Å²) in [5.74, 6) is -2.37. The van der Waals surface area contributed by atoms with Crippen molar-refractivity contribution in [3.63, 3.8) is 0 Å². The number of piperidine rings is 1. The lowest BCUT2D eigenvalue weighted by atomic mass is 9.69. The largest absolute Gasteiger partial charge is 0.311 e. The number of hydrogen-bond acceptors (Lipinski definition) is 1. The van der Waals surface area contributed by atoms with Crippen molar-refractivity contribution in [1.82, 2.24) is 5.32 Å². The predicted octanol–water partition coefficient (Wildman–Crippen LogP) is 2.35. The monoisotopic (exact) mass is 197 g/mol. The van der Waals surface area contributed by atoms with Crippen molar-refractivity contribution >= 4 is 12.4 Å². The third kappa shape index (κ3) is 1.72. The van der Waals surface area contributed by atoms with Crippen LogP contribution in [0.15, 0.2) is 0 Å². The van der Waals surface area contributed by atoms with Gasteiger partial charge in [0.2, 0.25) is 0 Å². The number of nitrogens with one attached hydrogen (secondary N) is 1. The molecule has 0 unspecified atom stereocenters. The van der Waals surface area contributed by atoms with E-state index < -0.39 is 5.92 Å². The Morgan fingerprint density at radius 1 is 1.08 bits per heavy atom. The van der Waals surface area contributed by atoms with Crippen molar-refractivity contribution in [1.29, 1.82) is 0 Å². The van der Waals surface area contributed by atoms with Crippen LogP contribution in [0, 0.1) is 0 Å². The molecule has 1 nitrogen and oxygen atoms in total. The third-order valence-corrected chi connectivity index (χ3v) is 2.78. The van der Waals surface area contributed by atoms with E-state index in [2.05, 4.69) is 5.32 Å². The molecule has 1 spiro atoms. The number of rotatable bonds is 0. The van der Waals surface area contributed by atoms with Crippen molar-refractivity contribution in [2.75, 3.05) is 6.54 Å². The van der Waals surface area contributed by atoms with Crippen LogP contribution in [0.3, 0.4) is 0 Å². The Balaban J connectivity index is 0.000000720. The van der Waals surface area contributed by atoms with E-state index in [1.54, 1.807) is 0 Å². The van der Waals surface area contributed by atoms with Crippen LogP contribution in [0.1, 0.15) is 32.1 Å². The highest BCUT2D eigenvalue weighted by molar-refractivity contribution is 5.85. The highest BCUT2D eigenvalue weighted by atomic mass is 35.5. The van der Waals surface area contributed by atoms with Crippen molar-refractivity contribution in [3.8, 4) is 0 Å². The second-order valence-electron chi connectivity index (χ2n) is 3.87. The number of alkyl halides is 2. The summed E-state index contributed by atoms with van der Waals surface area (Å²) in [6, 6.07) is 0. The second kappa shape index (κ2) is 3.11. The lowest BCUT2D eigenvalue weighted by molar-refractivity contribution is -0.140. The topological polar surface area (TPSA) is 12.0 Å². The minimum Gasteiger partial charge on any atom is -0.311 e. The molecule has 0 amide bonds. The summed E-state index contributed by atoms with van der Waals surface area (Å²) in [5, 5.41) is 3.21. The zero-order valence-electron chi connectivity index (χ0n) is 6.91. The van der Waals surface area contributed by atoms with Gasteiger partial charge >= 0.3 is 0 Å². The summed E-state index contributed by atoms with van der Waals surface area (Å²) in [6.45, 7) is 0.927. The minimum absolute atomic E-state index is 0. The van der Waals surface area contributed by atoms with Crippen LogP contribution >= 0.6 is 12.4 Å². The molecule has 4 heteroatoms. The molecular formula is C8H14ClF2N. The fourth-order valence-electron chi connectivity index (χ4n) is 2.27. The molecule has 1 N–H and O–H groups in total. The van der Waals surface area contributed by atoms with Gasteiger partial charge in [-0.3, -0.25) is 0 Å². The van der Waals surface area contributed by atoms with Crippen LogP contribution in [0.2, 0.25) is 0 Å². The molecule has 1 aliphatic carbocycles. The maximum atomic E-state index is 12.5. The zero-order chi connectivity index (χ0) is 7.95. The van der Waals surface area contributed by atoms with Gasteiger partial charge in [-0.15, -0.1) is 12.4 Å². The van der Waals surface area contributed by atoms with Crippen LogP contribution in [0.4, 0.5) is 8.78 Å². The maximum absolute atomic E-state index is 12.5. The molecule has 72 valence electrons. The summed E-state index contributed by atoms with van der Waals surface area (Å²) in [7, 11) is 0. The van der Waals surface area contributed by atoms with E-state index >= 15 is 0 Å². The Morgan fingerprint density at radius 3 is 2.17 bits per heavy atom. The normalized spacial score (nSPS) is 30.5. The molecule has 0 bridgehead atoms. The van der Waals surface area contributed by atoms with Gasteiger partial charge in [-0.05, 0) is 19.4 Å². The average Bonchev–Trinajstić information content (AvgIpc) is 1.85. The molecular weight excluding hydrogens is 184 g/mol. The van der Waals surface area contributed by atoms with Gasteiger partial charge in [0.15, 0.2) is 0 Å². The predicted molar refractivity (Wildman–Crippen MR) is 46.0 cm³/mol. The smallest absolute Gasteiger partial charge is 0.251 e. The van der Waals surface area contributed by atoms with Crippen LogP contribution in [0.5, 0.6) is 0 Å². The van der Waals surface area contributed by atoms with Crippen molar-refractivity contribution in [3.05, 3.63) is 0 Å². The molecule has 0 atom stereocenters. The molecule has 0 aromatic carbocycles. The summed E-state index contributed by atoms with van der Waals surface area (Å²) >= 11 is 0. The number of hydrogen-bond donors (Lipinski definition) is 1. The van der Waals surface area contributed by atoms with Gasteiger partial charge in [0.25, 0.3) is 5.92 Å². The van der Waals surface area contributed by atoms with Gasteiger partial charge in [0, 0.05) is 18.4 Å². The molecule has 2 fully saturated rings. The zero-order valence-corrected chi connectivity index (χ0v) is 7.72. The van der Waals surface area contributed by atoms with Crippen molar-refractivity contribution in [2.24, 2.45) is 0 Å². The van der Waals surface area contributed by atoms with E-state index in [1.165, 1.54) is 0 Å². The van der Waals surface area contributed by atoms with Crippen LogP contribution in [-0.4, -0.2) is 18.0 Å². The maximum Gasteiger partial charge on any atom is 0.251 e. The average molecular weight is 198 g/mol. The molecule has 1 heterocycles.